The van der Waals surface area contributed by atoms with Crippen LogP contribution >= 0.6 is 23.2 Å². The van der Waals surface area contributed by atoms with Gasteiger partial charge in [-0.1, -0.05) is 23.2 Å². The van der Waals surface area contributed by atoms with Gasteiger partial charge in [0, 0.05) is 30.4 Å². The van der Waals surface area contributed by atoms with Crippen molar-refractivity contribution in [1.82, 2.24) is 9.78 Å². The number of benzene rings is 1. The highest BCUT2D eigenvalue weighted by atomic mass is 35.5. The first-order valence-corrected chi connectivity index (χ1v) is 6.66. The van der Waals surface area contributed by atoms with Crippen molar-refractivity contribution in [1.29, 1.82) is 0 Å². The molecule has 94 valence electrons. The van der Waals surface area contributed by atoms with Gasteiger partial charge < -0.3 is 4.90 Å². The summed E-state index contributed by atoms with van der Waals surface area (Å²) in [7, 11) is 1.94. The van der Waals surface area contributed by atoms with Gasteiger partial charge in [-0.05, 0) is 31.0 Å². The van der Waals surface area contributed by atoms with E-state index >= 15 is 0 Å². The number of rotatable bonds is 1. The lowest BCUT2D eigenvalue weighted by molar-refractivity contribution is 0.742. The number of hydrogen-bond donors (Lipinski definition) is 0. The molecule has 1 aliphatic heterocycles. The number of aryl methyl sites for hydroxylation is 2. The van der Waals surface area contributed by atoms with Gasteiger partial charge in [0.2, 0.25) is 0 Å². The molecule has 0 spiro atoms. The predicted molar refractivity (Wildman–Crippen MR) is 75.0 cm³/mol. The predicted octanol–water partition coefficient (Wildman–Crippen LogP) is 3.81. The molecular formula is C13H13Cl2N3. The van der Waals surface area contributed by atoms with E-state index in [1.165, 1.54) is 5.56 Å². The molecule has 0 N–H and O–H groups in total. The molecule has 2 aromatic rings. The number of hydrogen-bond acceptors (Lipinski definition) is 2. The van der Waals surface area contributed by atoms with Gasteiger partial charge in [0.25, 0.3) is 0 Å². The fraction of sp³-hybridized carbons (Fsp3) is 0.308. The van der Waals surface area contributed by atoms with Crippen molar-refractivity contribution in [2.45, 2.75) is 12.8 Å². The van der Waals surface area contributed by atoms with E-state index in [-0.39, 0.29) is 0 Å². The van der Waals surface area contributed by atoms with Crippen LogP contribution in [0.4, 0.5) is 11.5 Å². The minimum Gasteiger partial charge on any atom is -0.323 e. The van der Waals surface area contributed by atoms with E-state index < -0.39 is 0 Å². The maximum absolute atomic E-state index is 6.28. The lowest BCUT2D eigenvalue weighted by atomic mass is 10.1. The lowest BCUT2D eigenvalue weighted by Gasteiger charge is -2.28. The van der Waals surface area contributed by atoms with Crippen LogP contribution in [-0.2, 0) is 13.5 Å². The Balaban J connectivity index is 2.07. The van der Waals surface area contributed by atoms with Crippen LogP contribution in [0.3, 0.4) is 0 Å². The molecule has 3 nitrogen and oxygen atoms in total. The number of aromatic nitrogens is 2. The Hall–Kier alpha value is -1.19. The van der Waals surface area contributed by atoms with Gasteiger partial charge in [-0.3, -0.25) is 4.68 Å². The topological polar surface area (TPSA) is 21.1 Å². The van der Waals surface area contributed by atoms with Gasteiger partial charge in [-0.2, -0.15) is 5.10 Å². The molecule has 0 saturated heterocycles. The van der Waals surface area contributed by atoms with Gasteiger partial charge in [-0.15, -0.1) is 0 Å². The Kier molecular flexibility index (Phi) is 2.96. The summed E-state index contributed by atoms with van der Waals surface area (Å²) in [5.41, 5.74) is 2.25. The van der Waals surface area contributed by atoms with Crippen molar-refractivity contribution in [3.05, 3.63) is 40.0 Å². The molecule has 0 bridgehead atoms. The third-order valence-electron chi connectivity index (χ3n) is 3.17. The zero-order valence-electron chi connectivity index (χ0n) is 10.0. The smallest absolute Gasteiger partial charge is 0.158 e. The molecule has 1 aromatic carbocycles. The normalized spacial score (nSPS) is 14.7. The Labute approximate surface area is 116 Å². The molecule has 0 atom stereocenters. The van der Waals surface area contributed by atoms with Crippen molar-refractivity contribution >= 4 is 34.7 Å². The molecular weight excluding hydrogens is 269 g/mol. The Bertz CT molecular complexity index is 592. The van der Waals surface area contributed by atoms with Gasteiger partial charge >= 0.3 is 0 Å². The number of halogens is 2. The highest BCUT2D eigenvalue weighted by Crippen LogP contribution is 2.37. The molecule has 0 radical (unpaired) electrons. The van der Waals surface area contributed by atoms with E-state index in [0.29, 0.717) is 10.0 Å². The van der Waals surface area contributed by atoms with Crippen LogP contribution in [0.25, 0.3) is 0 Å². The van der Waals surface area contributed by atoms with Crippen LogP contribution in [0.15, 0.2) is 24.4 Å². The molecule has 0 aliphatic carbocycles. The summed E-state index contributed by atoms with van der Waals surface area (Å²) in [5, 5.41) is 5.85. The number of anilines is 2. The van der Waals surface area contributed by atoms with Gasteiger partial charge in [0.05, 0.1) is 10.7 Å². The largest absolute Gasteiger partial charge is 0.323 e. The average Bonchev–Trinajstić information content (AvgIpc) is 2.69. The van der Waals surface area contributed by atoms with Crippen LogP contribution in [0.1, 0.15) is 12.0 Å². The molecule has 0 fully saturated rings. The quantitative estimate of drug-likeness (QED) is 0.793. The van der Waals surface area contributed by atoms with Gasteiger partial charge in [-0.25, -0.2) is 0 Å². The lowest BCUT2D eigenvalue weighted by Crippen LogP contribution is -2.24. The minimum atomic E-state index is 0.655. The van der Waals surface area contributed by atoms with Crippen molar-refractivity contribution in [3.8, 4) is 0 Å². The molecule has 18 heavy (non-hydrogen) atoms. The Morgan fingerprint density at radius 2 is 2.11 bits per heavy atom. The summed E-state index contributed by atoms with van der Waals surface area (Å²) in [5.74, 6) is 1.01. The highest BCUT2D eigenvalue weighted by Gasteiger charge is 2.23. The van der Waals surface area contributed by atoms with E-state index in [2.05, 4.69) is 16.2 Å². The SMILES string of the molecule is Cn1cc2c(n1)N(c1ccc(Cl)cc1Cl)CCC2. The third-order valence-corrected chi connectivity index (χ3v) is 3.70. The maximum atomic E-state index is 6.28. The highest BCUT2D eigenvalue weighted by molar-refractivity contribution is 6.36. The first-order valence-electron chi connectivity index (χ1n) is 5.90. The van der Waals surface area contributed by atoms with Crippen LogP contribution in [-0.4, -0.2) is 16.3 Å². The fourth-order valence-electron chi connectivity index (χ4n) is 2.40. The van der Waals surface area contributed by atoms with Crippen LogP contribution in [0.5, 0.6) is 0 Å². The van der Waals surface area contributed by atoms with Gasteiger partial charge in [0.1, 0.15) is 0 Å². The third kappa shape index (κ3) is 1.98. The number of fused-ring (bicyclic) bond motifs is 1. The molecule has 0 amide bonds. The van der Waals surface area contributed by atoms with Crippen LogP contribution in [0, 0.1) is 0 Å². The number of nitrogens with zero attached hydrogens (tertiary/aromatic N) is 3. The van der Waals surface area contributed by atoms with Crippen LogP contribution < -0.4 is 4.90 Å². The summed E-state index contributed by atoms with van der Waals surface area (Å²) in [6.45, 7) is 0.936. The Morgan fingerprint density at radius 1 is 1.28 bits per heavy atom. The van der Waals surface area contributed by atoms with E-state index in [1.54, 1.807) is 6.07 Å². The average molecular weight is 282 g/mol. The zero-order valence-corrected chi connectivity index (χ0v) is 11.5. The second kappa shape index (κ2) is 4.48. The monoisotopic (exact) mass is 281 g/mol. The van der Waals surface area contributed by atoms with E-state index in [9.17, 15) is 0 Å². The van der Waals surface area contributed by atoms with E-state index in [4.69, 9.17) is 23.2 Å². The summed E-state index contributed by atoms with van der Waals surface area (Å²) in [6, 6.07) is 5.59. The van der Waals surface area contributed by atoms with Gasteiger partial charge in [0.15, 0.2) is 5.82 Å². The summed E-state index contributed by atoms with van der Waals surface area (Å²) < 4.78 is 1.85. The zero-order chi connectivity index (χ0) is 12.7. The Morgan fingerprint density at radius 3 is 2.89 bits per heavy atom. The first kappa shape index (κ1) is 11.9. The standard InChI is InChI=1S/C13H13Cl2N3/c1-17-8-9-3-2-6-18(13(9)16-17)12-5-4-10(14)7-11(12)15/h4-5,7-8H,2-3,6H2,1H3. The van der Waals surface area contributed by atoms with Crippen molar-refractivity contribution in [2.75, 3.05) is 11.4 Å². The molecule has 2 heterocycles. The van der Waals surface area contributed by atoms with Crippen molar-refractivity contribution in [2.24, 2.45) is 7.05 Å². The first-order chi connectivity index (χ1) is 8.65. The summed E-state index contributed by atoms with van der Waals surface area (Å²) in [4.78, 5) is 2.16. The molecule has 5 heteroatoms. The fourth-order valence-corrected chi connectivity index (χ4v) is 2.91. The molecule has 0 unspecified atom stereocenters. The molecule has 0 saturated carbocycles. The molecule has 1 aromatic heterocycles. The second-order valence-corrected chi connectivity index (χ2v) is 5.35. The summed E-state index contributed by atoms with van der Waals surface area (Å²) in [6.07, 6.45) is 4.26. The molecule has 3 rings (SSSR count). The maximum Gasteiger partial charge on any atom is 0.158 e. The second-order valence-electron chi connectivity index (χ2n) is 4.50. The molecule has 1 aliphatic rings. The minimum absolute atomic E-state index is 0.655. The van der Waals surface area contributed by atoms with Crippen LogP contribution in [0.2, 0.25) is 10.0 Å². The van der Waals surface area contributed by atoms with E-state index in [0.717, 1.165) is 30.9 Å². The summed E-state index contributed by atoms with van der Waals surface area (Å²) >= 11 is 12.2. The van der Waals surface area contributed by atoms with Crippen molar-refractivity contribution < 1.29 is 0 Å². The van der Waals surface area contributed by atoms with E-state index in [1.807, 2.05) is 23.9 Å². The van der Waals surface area contributed by atoms with Crippen molar-refractivity contribution in [3.63, 3.8) is 0 Å².